The summed E-state index contributed by atoms with van der Waals surface area (Å²) in [5, 5.41) is 0. The van der Waals surface area contributed by atoms with E-state index in [2.05, 4.69) is 6.58 Å². The monoisotopic (exact) mass is 170 g/mol. The Morgan fingerprint density at radius 3 is 2.92 bits per heavy atom. The fourth-order valence-corrected chi connectivity index (χ4v) is 1.22. The van der Waals surface area contributed by atoms with Crippen molar-refractivity contribution >= 4 is 5.97 Å². The summed E-state index contributed by atoms with van der Waals surface area (Å²) >= 11 is 0. The molecule has 3 nitrogen and oxygen atoms in total. The van der Waals surface area contributed by atoms with Crippen molar-refractivity contribution in [1.82, 2.24) is 0 Å². The summed E-state index contributed by atoms with van der Waals surface area (Å²) in [6.07, 6.45) is 1.13. The van der Waals surface area contributed by atoms with Crippen molar-refractivity contribution in [2.75, 3.05) is 6.61 Å². The van der Waals surface area contributed by atoms with Crippen LogP contribution in [0.1, 0.15) is 26.7 Å². The highest BCUT2D eigenvalue weighted by molar-refractivity contribution is 5.72. The Balaban J connectivity index is 2.60. The van der Waals surface area contributed by atoms with Crippen LogP contribution in [0.15, 0.2) is 12.3 Å². The van der Waals surface area contributed by atoms with Crippen LogP contribution in [0, 0.1) is 0 Å². The van der Waals surface area contributed by atoms with E-state index in [1.54, 1.807) is 0 Å². The summed E-state index contributed by atoms with van der Waals surface area (Å²) in [5.41, 5.74) is -0.590. The van der Waals surface area contributed by atoms with Crippen molar-refractivity contribution in [3.63, 3.8) is 0 Å². The number of hydrogen-bond acceptors (Lipinski definition) is 3. The molecular formula is C9H14O3. The molecule has 0 aromatic heterocycles. The van der Waals surface area contributed by atoms with Crippen LogP contribution in [0.25, 0.3) is 0 Å². The van der Waals surface area contributed by atoms with E-state index >= 15 is 0 Å². The fourth-order valence-electron chi connectivity index (χ4n) is 1.22. The van der Waals surface area contributed by atoms with E-state index in [0.717, 1.165) is 0 Å². The van der Waals surface area contributed by atoms with Crippen LogP contribution in [0.3, 0.4) is 0 Å². The van der Waals surface area contributed by atoms with Crippen molar-refractivity contribution in [1.29, 1.82) is 0 Å². The van der Waals surface area contributed by atoms with E-state index < -0.39 is 5.60 Å². The third-order valence-electron chi connectivity index (χ3n) is 2.05. The predicted octanol–water partition coefficient (Wildman–Crippen LogP) is 1.63. The molecule has 0 spiro atoms. The Morgan fingerprint density at radius 2 is 2.50 bits per heavy atom. The van der Waals surface area contributed by atoms with Gasteiger partial charge in [0, 0.05) is 12.8 Å². The van der Waals surface area contributed by atoms with Gasteiger partial charge in [-0.1, -0.05) is 6.58 Å². The van der Waals surface area contributed by atoms with Crippen LogP contribution in [0.5, 0.6) is 0 Å². The third kappa shape index (κ3) is 1.60. The van der Waals surface area contributed by atoms with Gasteiger partial charge in [0.1, 0.15) is 5.76 Å². The van der Waals surface area contributed by atoms with Crippen LogP contribution in [0.2, 0.25) is 0 Å². The molecule has 1 heterocycles. The Kier molecular flexibility index (Phi) is 2.40. The molecule has 0 bridgehead atoms. The largest absolute Gasteiger partial charge is 0.495 e. The molecular weight excluding hydrogens is 156 g/mol. The van der Waals surface area contributed by atoms with Crippen molar-refractivity contribution in [2.24, 2.45) is 0 Å². The molecule has 0 N–H and O–H groups in total. The number of cyclic esters (lactones) is 1. The number of hydrogen-bond donors (Lipinski definition) is 0. The maximum atomic E-state index is 10.8. The molecule has 1 aliphatic heterocycles. The van der Waals surface area contributed by atoms with Crippen LogP contribution in [0.4, 0.5) is 0 Å². The van der Waals surface area contributed by atoms with Crippen molar-refractivity contribution in [3.05, 3.63) is 12.3 Å². The third-order valence-corrected chi connectivity index (χ3v) is 2.05. The van der Waals surface area contributed by atoms with Crippen molar-refractivity contribution < 1.29 is 14.3 Å². The van der Waals surface area contributed by atoms with Crippen LogP contribution in [-0.4, -0.2) is 18.2 Å². The number of esters is 1. The van der Waals surface area contributed by atoms with E-state index in [1.807, 2.05) is 13.8 Å². The zero-order valence-corrected chi connectivity index (χ0v) is 7.55. The zero-order chi connectivity index (χ0) is 9.19. The van der Waals surface area contributed by atoms with Gasteiger partial charge in [0.15, 0.2) is 5.60 Å². The second kappa shape index (κ2) is 3.17. The van der Waals surface area contributed by atoms with Gasteiger partial charge in [0.25, 0.3) is 0 Å². The predicted molar refractivity (Wildman–Crippen MR) is 44.5 cm³/mol. The maximum absolute atomic E-state index is 10.8. The first-order valence-electron chi connectivity index (χ1n) is 4.12. The minimum Gasteiger partial charge on any atom is -0.495 e. The first-order chi connectivity index (χ1) is 5.58. The molecule has 68 valence electrons. The summed E-state index contributed by atoms with van der Waals surface area (Å²) in [4.78, 5) is 10.8. The number of rotatable bonds is 3. The SMILES string of the molecule is C=C(OCC)C1(C)CCC(=O)O1. The molecule has 0 amide bonds. The lowest BCUT2D eigenvalue weighted by Gasteiger charge is -2.24. The molecule has 0 aliphatic carbocycles. The topological polar surface area (TPSA) is 35.5 Å². The van der Waals surface area contributed by atoms with Gasteiger partial charge >= 0.3 is 5.97 Å². The second-order valence-corrected chi connectivity index (χ2v) is 3.06. The Hall–Kier alpha value is -0.990. The zero-order valence-electron chi connectivity index (χ0n) is 7.55. The first kappa shape index (κ1) is 9.10. The minimum absolute atomic E-state index is 0.168. The number of carbonyl (C=O) groups is 1. The molecule has 1 saturated heterocycles. The Bertz CT molecular complexity index is 210. The van der Waals surface area contributed by atoms with Gasteiger partial charge in [-0.3, -0.25) is 4.79 Å². The molecule has 3 heteroatoms. The van der Waals surface area contributed by atoms with Gasteiger partial charge < -0.3 is 9.47 Å². The summed E-state index contributed by atoms with van der Waals surface area (Å²) in [5.74, 6) is 0.384. The highest BCUT2D eigenvalue weighted by Crippen LogP contribution is 2.32. The van der Waals surface area contributed by atoms with E-state index in [-0.39, 0.29) is 5.97 Å². The minimum atomic E-state index is -0.590. The van der Waals surface area contributed by atoms with Gasteiger partial charge in [-0.25, -0.2) is 0 Å². The van der Waals surface area contributed by atoms with Crippen LogP contribution < -0.4 is 0 Å². The van der Waals surface area contributed by atoms with Crippen molar-refractivity contribution in [2.45, 2.75) is 32.3 Å². The summed E-state index contributed by atoms with van der Waals surface area (Å²) < 4.78 is 10.3. The van der Waals surface area contributed by atoms with Gasteiger partial charge in [-0.05, 0) is 13.8 Å². The molecule has 1 atom stereocenters. The smallest absolute Gasteiger partial charge is 0.306 e. The molecule has 0 aromatic carbocycles. The highest BCUT2D eigenvalue weighted by Gasteiger charge is 2.39. The van der Waals surface area contributed by atoms with E-state index in [0.29, 0.717) is 25.2 Å². The maximum Gasteiger partial charge on any atom is 0.306 e. The summed E-state index contributed by atoms with van der Waals surface area (Å²) in [6, 6.07) is 0. The molecule has 0 aromatic rings. The molecule has 1 rings (SSSR count). The molecule has 1 unspecified atom stereocenters. The van der Waals surface area contributed by atoms with Gasteiger partial charge in [0.2, 0.25) is 0 Å². The first-order valence-corrected chi connectivity index (χ1v) is 4.12. The van der Waals surface area contributed by atoms with Crippen LogP contribution >= 0.6 is 0 Å². The van der Waals surface area contributed by atoms with E-state index in [1.165, 1.54) is 0 Å². The Labute approximate surface area is 72.4 Å². The summed E-state index contributed by atoms with van der Waals surface area (Å²) in [6.45, 7) is 8.00. The van der Waals surface area contributed by atoms with E-state index in [4.69, 9.17) is 9.47 Å². The molecule has 1 fully saturated rings. The second-order valence-electron chi connectivity index (χ2n) is 3.06. The normalized spacial score (nSPS) is 28.3. The van der Waals surface area contributed by atoms with Crippen molar-refractivity contribution in [3.8, 4) is 0 Å². The average molecular weight is 170 g/mol. The van der Waals surface area contributed by atoms with E-state index in [9.17, 15) is 4.79 Å². The lowest BCUT2D eigenvalue weighted by molar-refractivity contribution is -0.147. The lowest BCUT2D eigenvalue weighted by atomic mass is 10.0. The number of ether oxygens (including phenoxy) is 2. The average Bonchev–Trinajstić information content (AvgIpc) is 2.33. The summed E-state index contributed by atoms with van der Waals surface area (Å²) in [7, 11) is 0. The fraction of sp³-hybridized carbons (Fsp3) is 0.667. The van der Waals surface area contributed by atoms with Gasteiger partial charge in [-0.2, -0.15) is 0 Å². The molecule has 12 heavy (non-hydrogen) atoms. The quantitative estimate of drug-likeness (QED) is 0.477. The molecule has 0 saturated carbocycles. The highest BCUT2D eigenvalue weighted by atomic mass is 16.6. The number of carbonyl (C=O) groups excluding carboxylic acids is 1. The standard InChI is InChI=1S/C9H14O3/c1-4-11-7(2)9(3)6-5-8(10)12-9/h2,4-6H2,1,3H3. The molecule has 0 radical (unpaired) electrons. The molecule has 1 aliphatic rings. The lowest BCUT2D eigenvalue weighted by Crippen LogP contribution is -2.27. The van der Waals surface area contributed by atoms with Gasteiger partial charge in [0.05, 0.1) is 6.61 Å². The Morgan fingerprint density at radius 1 is 1.83 bits per heavy atom. The van der Waals surface area contributed by atoms with Crippen LogP contribution in [-0.2, 0) is 14.3 Å². The van der Waals surface area contributed by atoms with Gasteiger partial charge in [-0.15, -0.1) is 0 Å².